The lowest BCUT2D eigenvalue weighted by Crippen LogP contribution is -2.43. The molecule has 2 heterocycles. The number of carbonyl (C=O) groups is 1. The Kier molecular flexibility index (Phi) is 3.34. The van der Waals surface area contributed by atoms with Gasteiger partial charge in [0.05, 0.1) is 0 Å². The third-order valence-corrected chi connectivity index (χ3v) is 6.63. The molecule has 0 spiro atoms. The zero-order valence-corrected chi connectivity index (χ0v) is 11.5. The number of urea groups is 1. The van der Waals surface area contributed by atoms with Crippen molar-refractivity contribution in [1.29, 1.82) is 0 Å². The highest BCUT2D eigenvalue weighted by atomic mass is 31.2. The molecule has 1 saturated carbocycles. The smallest absolute Gasteiger partial charge is 0.322 e. The fraction of sp³-hybridized carbons (Fsp3) is 0.909. The summed E-state index contributed by atoms with van der Waals surface area (Å²) >= 11 is 0. The van der Waals surface area contributed by atoms with Crippen LogP contribution in [0.3, 0.4) is 0 Å². The molecule has 3 fully saturated rings. The van der Waals surface area contributed by atoms with Gasteiger partial charge in [0.25, 0.3) is 0 Å². The molecular weight excluding hydrogens is 251 g/mol. The SMILES string of the molecule is O=C(NC1CCCCC1)NP(=O)(N1CC1)N1CC1. The van der Waals surface area contributed by atoms with Crippen LogP contribution >= 0.6 is 7.59 Å². The standard InChI is InChI=1S/C11H21N4O2P/c16-11(12-10-4-2-1-3-5-10)13-18(17,14-6-7-14)15-8-9-15/h10H,1-9H2,(H2,12,13,16,17). The van der Waals surface area contributed by atoms with Gasteiger partial charge in [-0.25, -0.2) is 14.1 Å². The molecule has 1 aliphatic carbocycles. The highest BCUT2D eigenvalue weighted by molar-refractivity contribution is 7.58. The minimum atomic E-state index is -2.76. The van der Waals surface area contributed by atoms with E-state index in [0.29, 0.717) is 0 Å². The van der Waals surface area contributed by atoms with Gasteiger partial charge in [-0.3, -0.25) is 9.65 Å². The van der Waals surface area contributed by atoms with E-state index in [9.17, 15) is 9.36 Å². The topological polar surface area (TPSA) is 64.2 Å². The van der Waals surface area contributed by atoms with Gasteiger partial charge < -0.3 is 5.32 Å². The fourth-order valence-electron chi connectivity index (χ4n) is 2.55. The monoisotopic (exact) mass is 272 g/mol. The van der Waals surface area contributed by atoms with Crippen molar-refractivity contribution in [2.24, 2.45) is 0 Å². The first-order valence-corrected chi connectivity index (χ1v) is 8.49. The van der Waals surface area contributed by atoms with E-state index < -0.39 is 7.59 Å². The van der Waals surface area contributed by atoms with E-state index in [0.717, 1.165) is 39.0 Å². The molecule has 2 N–H and O–H groups in total. The van der Waals surface area contributed by atoms with Crippen molar-refractivity contribution in [3.05, 3.63) is 0 Å². The summed E-state index contributed by atoms with van der Waals surface area (Å²) in [6, 6.07) is -0.000334. The highest BCUT2D eigenvalue weighted by Gasteiger charge is 2.49. The molecule has 0 aromatic rings. The van der Waals surface area contributed by atoms with Gasteiger partial charge in [0.2, 0.25) is 0 Å². The van der Waals surface area contributed by atoms with Crippen LogP contribution in [0.25, 0.3) is 0 Å². The van der Waals surface area contributed by atoms with Gasteiger partial charge in [-0.1, -0.05) is 19.3 Å². The molecule has 102 valence electrons. The molecule has 0 bridgehead atoms. The first-order valence-electron chi connectivity index (χ1n) is 6.88. The van der Waals surface area contributed by atoms with Gasteiger partial charge in [-0.2, -0.15) is 0 Å². The van der Waals surface area contributed by atoms with E-state index >= 15 is 0 Å². The third-order valence-electron chi connectivity index (χ3n) is 3.80. The summed E-state index contributed by atoms with van der Waals surface area (Å²) in [5.41, 5.74) is 0. The van der Waals surface area contributed by atoms with Crippen LogP contribution in [0, 0.1) is 0 Å². The Labute approximate surface area is 108 Å². The lowest BCUT2D eigenvalue weighted by Gasteiger charge is -2.26. The lowest BCUT2D eigenvalue weighted by atomic mass is 9.96. The molecule has 0 radical (unpaired) electrons. The Hall–Kier alpha value is -0.580. The number of hydrogen-bond donors (Lipinski definition) is 2. The second-order valence-corrected chi connectivity index (χ2v) is 7.81. The van der Waals surface area contributed by atoms with Crippen molar-refractivity contribution in [3.63, 3.8) is 0 Å². The molecule has 0 aromatic carbocycles. The van der Waals surface area contributed by atoms with E-state index in [1.165, 1.54) is 19.3 Å². The fourth-order valence-corrected chi connectivity index (χ4v) is 4.78. The number of nitrogens with zero attached hydrogens (tertiary/aromatic N) is 2. The Morgan fingerprint density at radius 3 is 2.06 bits per heavy atom. The molecule has 2 saturated heterocycles. The first kappa shape index (κ1) is 12.5. The van der Waals surface area contributed by atoms with Crippen molar-refractivity contribution >= 4 is 13.6 Å². The maximum absolute atomic E-state index is 12.7. The van der Waals surface area contributed by atoms with Gasteiger partial charge in [-0.15, -0.1) is 0 Å². The molecule has 7 heteroatoms. The molecule has 3 rings (SSSR count). The normalized spacial score (nSPS) is 25.8. The molecule has 0 atom stereocenters. The Morgan fingerprint density at radius 2 is 1.56 bits per heavy atom. The number of rotatable bonds is 4. The van der Waals surface area contributed by atoms with E-state index in [2.05, 4.69) is 10.4 Å². The van der Waals surface area contributed by atoms with Gasteiger partial charge in [0, 0.05) is 32.2 Å². The van der Waals surface area contributed by atoms with Crippen LogP contribution in [0.1, 0.15) is 32.1 Å². The van der Waals surface area contributed by atoms with Gasteiger partial charge in [0.1, 0.15) is 0 Å². The first-order chi connectivity index (χ1) is 8.68. The average molecular weight is 272 g/mol. The quantitative estimate of drug-likeness (QED) is 0.599. The summed E-state index contributed by atoms with van der Waals surface area (Å²) in [5, 5.41) is 5.69. The second-order valence-electron chi connectivity index (χ2n) is 5.37. The third kappa shape index (κ3) is 2.71. The second kappa shape index (κ2) is 4.83. The predicted molar refractivity (Wildman–Crippen MR) is 69.3 cm³/mol. The molecule has 0 aromatic heterocycles. The average Bonchev–Trinajstić information content (AvgIpc) is 3.18. The number of carbonyl (C=O) groups excluding carboxylic acids is 1. The molecule has 2 amide bonds. The van der Waals surface area contributed by atoms with Crippen molar-refractivity contribution in [2.45, 2.75) is 38.1 Å². The van der Waals surface area contributed by atoms with Crippen LogP contribution in [-0.2, 0) is 4.57 Å². The van der Waals surface area contributed by atoms with E-state index in [1.54, 1.807) is 0 Å². The van der Waals surface area contributed by atoms with Crippen molar-refractivity contribution in [3.8, 4) is 0 Å². The van der Waals surface area contributed by atoms with E-state index in [-0.39, 0.29) is 12.1 Å². The highest BCUT2D eigenvalue weighted by Crippen LogP contribution is 2.56. The largest absolute Gasteiger partial charge is 0.335 e. The van der Waals surface area contributed by atoms with Crippen LogP contribution < -0.4 is 10.4 Å². The Morgan fingerprint density at radius 1 is 1.00 bits per heavy atom. The van der Waals surface area contributed by atoms with Crippen LogP contribution in [0.4, 0.5) is 4.79 Å². The lowest BCUT2D eigenvalue weighted by molar-refractivity contribution is 0.237. The molecular formula is C11H21N4O2P. The zero-order valence-electron chi connectivity index (χ0n) is 10.6. The van der Waals surface area contributed by atoms with Crippen LogP contribution in [0.5, 0.6) is 0 Å². The molecule has 18 heavy (non-hydrogen) atoms. The van der Waals surface area contributed by atoms with Crippen LogP contribution in [-0.4, -0.2) is 47.6 Å². The van der Waals surface area contributed by atoms with Gasteiger partial charge in [-0.05, 0) is 12.8 Å². The van der Waals surface area contributed by atoms with Crippen molar-refractivity contribution in [2.75, 3.05) is 26.2 Å². The van der Waals surface area contributed by atoms with Crippen molar-refractivity contribution in [1.82, 2.24) is 19.7 Å². The number of hydrogen-bond acceptors (Lipinski definition) is 2. The molecule has 3 aliphatic rings. The maximum atomic E-state index is 12.7. The van der Waals surface area contributed by atoms with Crippen LogP contribution in [0.15, 0.2) is 0 Å². The summed E-state index contributed by atoms with van der Waals surface area (Å²) < 4.78 is 16.4. The van der Waals surface area contributed by atoms with E-state index in [4.69, 9.17) is 0 Å². The molecule has 6 nitrogen and oxygen atoms in total. The molecule has 2 aliphatic heterocycles. The minimum Gasteiger partial charge on any atom is -0.335 e. The summed E-state index contributed by atoms with van der Waals surface area (Å²) in [6.45, 7) is 3.32. The summed E-state index contributed by atoms with van der Waals surface area (Å²) in [7, 11) is -2.76. The zero-order chi connectivity index (χ0) is 12.6. The Bertz CT molecular complexity index is 359. The summed E-state index contributed by atoms with van der Waals surface area (Å²) in [6.07, 6.45) is 5.72. The summed E-state index contributed by atoms with van der Waals surface area (Å²) in [4.78, 5) is 11.9. The summed E-state index contributed by atoms with van der Waals surface area (Å²) in [5.74, 6) is 0. The molecule has 0 unspecified atom stereocenters. The number of amides is 2. The predicted octanol–water partition coefficient (Wildman–Crippen LogP) is 1.36. The Balaban J connectivity index is 1.54. The maximum Gasteiger partial charge on any atom is 0.322 e. The van der Waals surface area contributed by atoms with E-state index in [1.807, 2.05) is 9.34 Å². The van der Waals surface area contributed by atoms with Gasteiger partial charge >= 0.3 is 13.6 Å². The van der Waals surface area contributed by atoms with Crippen LogP contribution in [0.2, 0.25) is 0 Å². The number of nitrogens with one attached hydrogen (secondary N) is 2. The minimum absolute atomic E-state index is 0.260. The van der Waals surface area contributed by atoms with Crippen molar-refractivity contribution < 1.29 is 9.36 Å². The van der Waals surface area contributed by atoms with Gasteiger partial charge in [0.15, 0.2) is 0 Å².